The Bertz CT molecular complexity index is 762. The van der Waals surface area contributed by atoms with Gasteiger partial charge in [-0.25, -0.2) is 15.0 Å². The van der Waals surface area contributed by atoms with E-state index >= 15 is 0 Å². The maximum Gasteiger partial charge on any atom is 0.116 e. The highest BCUT2D eigenvalue weighted by atomic mass is 15.0. The quantitative estimate of drug-likeness (QED) is 0.779. The standard InChI is InChI=1S/C16H17N5/c1-16(2,3)21-13-8-14(12-5-7-18-10-19-12)20-15-9-17-6-4-11(13)15/h4-10H,1-3H3,(H,20,21). The van der Waals surface area contributed by atoms with Crippen molar-refractivity contribution in [2.24, 2.45) is 0 Å². The second-order valence-electron chi connectivity index (χ2n) is 5.92. The molecule has 0 saturated heterocycles. The van der Waals surface area contributed by atoms with Crippen LogP contribution in [0.5, 0.6) is 0 Å². The summed E-state index contributed by atoms with van der Waals surface area (Å²) < 4.78 is 0. The average molecular weight is 279 g/mol. The number of pyridine rings is 2. The number of anilines is 1. The molecule has 5 nitrogen and oxygen atoms in total. The number of nitrogens with zero attached hydrogens (tertiary/aromatic N) is 4. The van der Waals surface area contributed by atoms with Gasteiger partial charge in [0.05, 0.1) is 23.1 Å². The molecule has 0 radical (unpaired) electrons. The van der Waals surface area contributed by atoms with Crippen LogP contribution in [0.2, 0.25) is 0 Å². The van der Waals surface area contributed by atoms with E-state index in [2.05, 4.69) is 46.0 Å². The molecule has 0 aromatic carbocycles. The molecule has 3 rings (SSSR count). The molecule has 0 amide bonds. The maximum absolute atomic E-state index is 4.64. The van der Waals surface area contributed by atoms with Gasteiger partial charge in [-0.05, 0) is 39.0 Å². The van der Waals surface area contributed by atoms with Crippen LogP contribution in [0.3, 0.4) is 0 Å². The Morgan fingerprint density at radius 3 is 2.52 bits per heavy atom. The average Bonchev–Trinajstić information content (AvgIpc) is 2.46. The van der Waals surface area contributed by atoms with Gasteiger partial charge < -0.3 is 5.32 Å². The molecule has 0 saturated carbocycles. The first kappa shape index (κ1) is 13.4. The van der Waals surface area contributed by atoms with Crippen LogP contribution < -0.4 is 5.32 Å². The minimum Gasteiger partial charge on any atom is -0.380 e. The van der Waals surface area contributed by atoms with Crippen molar-refractivity contribution in [3.05, 3.63) is 43.1 Å². The SMILES string of the molecule is CC(C)(C)Nc1cc(-c2ccncn2)nc2cnccc12. The Labute approximate surface area is 123 Å². The van der Waals surface area contributed by atoms with Crippen molar-refractivity contribution >= 4 is 16.6 Å². The van der Waals surface area contributed by atoms with Crippen LogP contribution in [0.1, 0.15) is 20.8 Å². The Hall–Kier alpha value is -2.56. The summed E-state index contributed by atoms with van der Waals surface area (Å²) in [5.74, 6) is 0. The van der Waals surface area contributed by atoms with Crippen molar-refractivity contribution in [3.8, 4) is 11.4 Å². The molecule has 0 spiro atoms. The Kier molecular flexibility index (Phi) is 3.25. The summed E-state index contributed by atoms with van der Waals surface area (Å²) in [4.78, 5) is 17.0. The second kappa shape index (κ2) is 5.09. The molecule has 0 aliphatic rings. The summed E-state index contributed by atoms with van der Waals surface area (Å²) in [6.45, 7) is 6.39. The van der Waals surface area contributed by atoms with E-state index in [9.17, 15) is 0 Å². The Balaban J connectivity index is 2.20. The predicted octanol–water partition coefficient (Wildman–Crippen LogP) is 3.30. The summed E-state index contributed by atoms with van der Waals surface area (Å²) >= 11 is 0. The fourth-order valence-corrected chi connectivity index (χ4v) is 2.16. The monoisotopic (exact) mass is 279 g/mol. The lowest BCUT2D eigenvalue weighted by molar-refractivity contribution is 0.635. The van der Waals surface area contributed by atoms with E-state index in [1.54, 1.807) is 18.6 Å². The molecule has 3 heterocycles. The Morgan fingerprint density at radius 2 is 1.81 bits per heavy atom. The van der Waals surface area contributed by atoms with Crippen molar-refractivity contribution < 1.29 is 0 Å². The van der Waals surface area contributed by atoms with Gasteiger partial charge in [0.1, 0.15) is 6.33 Å². The fraction of sp³-hybridized carbons (Fsp3) is 0.250. The van der Waals surface area contributed by atoms with Gasteiger partial charge in [0, 0.05) is 29.0 Å². The van der Waals surface area contributed by atoms with Crippen LogP contribution in [-0.2, 0) is 0 Å². The summed E-state index contributed by atoms with van der Waals surface area (Å²) in [6, 6.07) is 5.85. The minimum absolute atomic E-state index is 0.0412. The van der Waals surface area contributed by atoms with Crippen molar-refractivity contribution in [2.75, 3.05) is 5.32 Å². The predicted molar refractivity (Wildman–Crippen MR) is 83.9 cm³/mol. The molecular weight excluding hydrogens is 262 g/mol. The lowest BCUT2D eigenvalue weighted by atomic mass is 10.1. The number of fused-ring (bicyclic) bond motifs is 1. The first-order valence-electron chi connectivity index (χ1n) is 6.82. The van der Waals surface area contributed by atoms with Crippen LogP contribution in [0.15, 0.2) is 43.1 Å². The molecule has 0 aliphatic carbocycles. The normalized spacial score (nSPS) is 11.6. The second-order valence-corrected chi connectivity index (χ2v) is 5.92. The molecule has 0 bridgehead atoms. The van der Waals surface area contributed by atoms with Crippen molar-refractivity contribution in [3.63, 3.8) is 0 Å². The van der Waals surface area contributed by atoms with Gasteiger partial charge in [-0.1, -0.05) is 0 Å². The van der Waals surface area contributed by atoms with Crippen LogP contribution in [0.4, 0.5) is 5.69 Å². The largest absolute Gasteiger partial charge is 0.380 e. The summed E-state index contributed by atoms with van der Waals surface area (Å²) in [5, 5.41) is 4.58. The number of rotatable bonds is 2. The molecule has 0 aliphatic heterocycles. The molecule has 0 unspecified atom stereocenters. The summed E-state index contributed by atoms with van der Waals surface area (Å²) in [6.07, 6.45) is 6.80. The van der Waals surface area contributed by atoms with E-state index < -0.39 is 0 Å². The molecule has 3 aromatic heterocycles. The summed E-state index contributed by atoms with van der Waals surface area (Å²) in [7, 11) is 0. The highest BCUT2D eigenvalue weighted by molar-refractivity contribution is 5.93. The molecule has 0 fully saturated rings. The lowest BCUT2D eigenvalue weighted by Crippen LogP contribution is -2.26. The van der Waals surface area contributed by atoms with Crippen molar-refractivity contribution in [2.45, 2.75) is 26.3 Å². The van der Waals surface area contributed by atoms with Gasteiger partial charge in [-0.2, -0.15) is 0 Å². The molecule has 21 heavy (non-hydrogen) atoms. The number of aromatic nitrogens is 4. The van der Waals surface area contributed by atoms with E-state index in [1.165, 1.54) is 6.33 Å². The molecule has 106 valence electrons. The highest BCUT2D eigenvalue weighted by Crippen LogP contribution is 2.28. The zero-order valence-corrected chi connectivity index (χ0v) is 12.3. The lowest BCUT2D eigenvalue weighted by Gasteiger charge is -2.23. The van der Waals surface area contributed by atoms with E-state index in [-0.39, 0.29) is 5.54 Å². The molecule has 1 N–H and O–H groups in total. The third kappa shape index (κ3) is 2.97. The zero-order chi connectivity index (χ0) is 14.9. The minimum atomic E-state index is -0.0412. The van der Waals surface area contributed by atoms with Crippen LogP contribution in [-0.4, -0.2) is 25.5 Å². The van der Waals surface area contributed by atoms with Crippen LogP contribution in [0, 0.1) is 0 Å². The third-order valence-electron chi connectivity index (χ3n) is 2.97. The number of hydrogen-bond acceptors (Lipinski definition) is 5. The Morgan fingerprint density at radius 1 is 1.00 bits per heavy atom. The van der Waals surface area contributed by atoms with E-state index in [0.29, 0.717) is 0 Å². The van der Waals surface area contributed by atoms with Gasteiger partial charge >= 0.3 is 0 Å². The van der Waals surface area contributed by atoms with Crippen LogP contribution >= 0.6 is 0 Å². The molecule has 5 heteroatoms. The summed E-state index contributed by atoms with van der Waals surface area (Å²) in [5.41, 5.74) is 3.45. The van der Waals surface area contributed by atoms with Crippen molar-refractivity contribution in [1.29, 1.82) is 0 Å². The van der Waals surface area contributed by atoms with Gasteiger partial charge in [0.25, 0.3) is 0 Å². The molecule has 0 atom stereocenters. The molecule has 3 aromatic rings. The van der Waals surface area contributed by atoms with E-state index in [1.807, 2.05) is 18.2 Å². The maximum atomic E-state index is 4.64. The fourth-order valence-electron chi connectivity index (χ4n) is 2.16. The van der Waals surface area contributed by atoms with Gasteiger partial charge in [0.15, 0.2) is 0 Å². The topological polar surface area (TPSA) is 63.6 Å². The van der Waals surface area contributed by atoms with Crippen LogP contribution in [0.25, 0.3) is 22.3 Å². The first-order valence-corrected chi connectivity index (χ1v) is 6.82. The van der Waals surface area contributed by atoms with Gasteiger partial charge in [-0.3, -0.25) is 4.98 Å². The van der Waals surface area contributed by atoms with E-state index in [0.717, 1.165) is 28.0 Å². The van der Waals surface area contributed by atoms with Crippen molar-refractivity contribution in [1.82, 2.24) is 19.9 Å². The smallest absolute Gasteiger partial charge is 0.116 e. The molecular formula is C16H17N5. The van der Waals surface area contributed by atoms with Gasteiger partial charge in [0.2, 0.25) is 0 Å². The first-order chi connectivity index (χ1) is 10.0. The number of hydrogen-bond donors (Lipinski definition) is 1. The zero-order valence-electron chi connectivity index (χ0n) is 12.3. The van der Waals surface area contributed by atoms with Gasteiger partial charge in [-0.15, -0.1) is 0 Å². The third-order valence-corrected chi connectivity index (χ3v) is 2.97. The van der Waals surface area contributed by atoms with E-state index in [4.69, 9.17) is 0 Å². The highest BCUT2D eigenvalue weighted by Gasteiger charge is 2.14. The number of nitrogens with one attached hydrogen (secondary N) is 1.